The Hall–Kier alpha value is -0.200. The van der Waals surface area contributed by atoms with Gasteiger partial charge >= 0.3 is 10.2 Å². The van der Waals surface area contributed by atoms with Gasteiger partial charge in [0.1, 0.15) is 5.75 Å². The maximum Gasteiger partial charge on any atom is 0.307 e. The first-order chi connectivity index (χ1) is 5.86. The summed E-state index contributed by atoms with van der Waals surface area (Å²) in [4.78, 5) is 0. The van der Waals surface area contributed by atoms with E-state index in [-0.39, 0.29) is 5.92 Å². The van der Waals surface area contributed by atoms with E-state index in [0.717, 1.165) is 0 Å². The van der Waals surface area contributed by atoms with Gasteiger partial charge in [0.2, 0.25) is 0 Å². The lowest BCUT2D eigenvalue weighted by Crippen LogP contribution is -2.42. The highest BCUT2D eigenvalue weighted by atomic mass is 32.3. The van der Waals surface area contributed by atoms with E-state index in [2.05, 4.69) is 0 Å². The summed E-state index contributed by atoms with van der Waals surface area (Å²) >= 11 is 0. The molecule has 1 rings (SSSR count). The van der Waals surface area contributed by atoms with Crippen molar-refractivity contribution in [3.8, 4) is 0 Å². The van der Waals surface area contributed by atoms with Crippen molar-refractivity contribution < 1.29 is 21.8 Å². The number of hydrogen-bond donors (Lipinski definition) is 0. The predicted molar refractivity (Wildman–Crippen MR) is 44.4 cm³/mol. The number of halogens is 1. The van der Waals surface area contributed by atoms with Crippen molar-refractivity contribution in [3.05, 3.63) is 0 Å². The summed E-state index contributed by atoms with van der Waals surface area (Å²) in [5.74, 6) is -2.20. The van der Waals surface area contributed by atoms with Crippen molar-refractivity contribution in [3.63, 3.8) is 0 Å². The molecule has 0 bridgehead atoms. The monoisotopic (exact) mass is 212 g/mol. The fourth-order valence-corrected chi connectivity index (χ4v) is 2.27. The van der Waals surface area contributed by atoms with Crippen LogP contribution >= 0.6 is 0 Å². The fourth-order valence-electron chi connectivity index (χ4n) is 1.29. The van der Waals surface area contributed by atoms with Gasteiger partial charge in [0.15, 0.2) is 5.79 Å². The first-order valence-corrected chi connectivity index (χ1v) is 5.61. The van der Waals surface area contributed by atoms with E-state index in [0.29, 0.717) is 13.2 Å². The van der Waals surface area contributed by atoms with Gasteiger partial charge in [-0.15, -0.1) is 3.89 Å². The topological polar surface area (TPSA) is 52.6 Å². The fraction of sp³-hybridized carbons (Fsp3) is 1.00. The molecule has 78 valence electrons. The van der Waals surface area contributed by atoms with Gasteiger partial charge < -0.3 is 9.47 Å². The molecule has 0 atom stereocenters. The van der Waals surface area contributed by atoms with E-state index in [1.54, 1.807) is 13.8 Å². The lowest BCUT2D eigenvalue weighted by molar-refractivity contribution is -0.169. The summed E-state index contributed by atoms with van der Waals surface area (Å²) < 4.78 is 43.7. The maximum atomic E-state index is 12.5. The zero-order valence-electron chi connectivity index (χ0n) is 7.62. The van der Waals surface area contributed by atoms with Crippen molar-refractivity contribution in [2.75, 3.05) is 19.0 Å². The van der Waals surface area contributed by atoms with Crippen LogP contribution in [0.1, 0.15) is 13.8 Å². The molecule has 1 heterocycles. The summed E-state index contributed by atoms with van der Waals surface area (Å²) in [5.41, 5.74) is 0. The zero-order chi connectivity index (χ0) is 10.1. The molecule has 1 aliphatic heterocycles. The average Bonchev–Trinajstić information content (AvgIpc) is 2.33. The van der Waals surface area contributed by atoms with Crippen molar-refractivity contribution >= 4 is 10.2 Å². The van der Waals surface area contributed by atoms with Gasteiger partial charge in [-0.25, -0.2) is 0 Å². The van der Waals surface area contributed by atoms with E-state index in [4.69, 9.17) is 9.47 Å². The Bertz CT molecular complexity index is 266. The molecule has 0 radical (unpaired) electrons. The van der Waals surface area contributed by atoms with Gasteiger partial charge in [0.25, 0.3) is 0 Å². The molecule has 0 amide bonds. The van der Waals surface area contributed by atoms with Crippen molar-refractivity contribution in [2.45, 2.75) is 19.6 Å². The molecule has 1 fully saturated rings. The van der Waals surface area contributed by atoms with Crippen molar-refractivity contribution in [1.29, 1.82) is 0 Å². The quantitative estimate of drug-likeness (QED) is 0.646. The molecular formula is C7H13FO4S. The lowest BCUT2D eigenvalue weighted by atomic mass is 10.1. The van der Waals surface area contributed by atoms with Gasteiger partial charge in [0, 0.05) is 5.92 Å². The van der Waals surface area contributed by atoms with Crippen LogP contribution in [-0.2, 0) is 19.7 Å². The molecule has 0 unspecified atom stereocenters. The van der Waals surface area contributed by atoms with Crippen molar-refractivity contribution in [1.82, 2.24) is 0 Å². The second-order valence-electron chi connectivity index (χ2n) is 3.35. The standard InChI is InChI=1S/C7H13FO4S/c1-6(2)7(5-13(8,9)10)11-3-4-12-7/h6H,3-5H2,1-2H3. The Kier molecular flexibility index (Phi) is 2.94. The first-order valence-electron chi connectivity index (χ1n) is 4.06. The van der Waals surface area contributed by atoms with E-state index in [1.807, 2.05) is 0 Å². The van der Waals surface area contributed by atoms with Gasteiger partial charge in [-0.1, -0.05) is 13.8 Å². The Morgan fingerprint density at radius 3 is 2.15 bits per heavy atom. The van der Waals surface area contributed by atoms with Gasteiger partial charge in [-0.2, -0.15) is 8.42 Å². The van der Waals surface area contributed by atoms with Gasteiger partial charge in [-0.05, 0) is 0 Å². The minimum atomic E-state index is -4.56. The molecule has 13 heavy (non-hydrogen) atoms. The SMILES string of the molecule is CC(C)C1(CS(=O)(=O)F)OCCO1. The molecule has 1 aliphatic rings. The minimum Gasteiger partial charge on any atom is -0.346 e. The predicted octanol–water partition coefficient (Wildman–Crippen LogP) is 0.685. The molecule has 0 aromatic carbocycles. The maximum absolute atomic E-state index is 12.5. The van der Waals surface area contributed by atoms with E-state index < -0.39 is 21.8 Å². The van der Waals surface area contributed by atoms with E-state index >= 15 is 0 Å². The average molecular weight is 212 g/mol. The zero-order valence-corrected chi connectivity index (χ0v) is 8.43. The highest BCUT2D eigenvalue weighted by Gasteiger charge is 2.44. The number of ether oxygens (including phenoxy) is 2. The normalized spacial score (nSPS) is 22.5. The minimum absolute atomic E-state index is 0.194. The molecule has 0 aromatic rings. The molecule has 0 aliphatic carbocycles. The second-order valence-corrected chi connectivity index (χ2v) is 4.71. The molecule has 0 aromatic heterocycles. The third-order valence-corrected chi connectivity index (χ3v) is 2.78. The summed E-state index contributed by atoms with van der Waals surface area (Å²) in [7, 11) is -4.56. The Morgan fingerprint density at radius 1 is 1.38 bits per heavy atom. The summed E-state index contributed by atoms with van der Waals surface area (Å²) in [6.07, 6.45) is 0. The van der Waals surface area contributed by atoms with Crippen LogP contribution in [-0.4, -0.2) is 33.2 Å². The first kappa shape index (κ1) is 10.9. The van der Waals surface area contributed by atoms with Crippen LogP contribution in [0, 0.1) is 5.92 Å². The van der Waals surface area contributed by atoms with Gasteiger partial charge in [0.05, 0.1) is 13.2 Å². The summed E-state index contributed by atoms with van der Waals surface area (Å²) in [5, 5.41) is 0. The largest absolute Gasteiger partial charge is 0.346 e. The molecule has 0 saturated carbocycles. The highest BCUT2D eigenvalue weighted by molar-refractivity contribution is 7.86. The Labute approximate surface area is 77.2 Å². The smallest absolute Gasteiger partial charge is 0.307 e. The van der Waals surface area contributed by atoms with Crippen LogP contribution in [0.25, 0.3) is 0 Å². The molecule has 0 spiro atoms. The molecule has 0 N–H and O–H groups in total. The third-order valence-electron chi connectivity index (χ3n) is 2.03. The lowest BCUT2D eigenvalue weighted by Gasteiger charge is -2.29. The Balaban J connectivity index is 2.80. The second kappa shape index (κ2) is 3.51. The molecule has 6 heteroatoms. The molecule has 1 saturated heterocycles. The van der Waals surface area contributed by atoms with Crippen LogP contribution in [0.3, 0.4) is 0 Å². The summed E-state index contributed by atoms with van der Waals surface area (Å²) in [6.45, 7) is 4.09. The van der Waals surface area contributed by atoms with Gasteiger partial charge in [-0.3, -0.25) is 0 Å². The van der Waals surface area contributed by atoms with Crippen LogP contribution in [0.2, 0.25) is 0 Å². The van der Waals surface area contributed by atoms with Crippen LogP contribution in [0.4, 0.5) is 3.89 Å². The number of hydrogen-bond acceptors (Lipinski definition) is 4. The van der Waals surface area contributed by atoms with Crippen molar-refractivity contribution in [2.24, 2.45) is 5.92 Å². The number of rotatable bonds is 3. The van der Waals surface area contributed by atoms with Crippen LogP contribution < -0.4 is 0 Å². The highest BCUT2D eigenvalue weighted by Crippen LogP contribution is 2.29. The van der Waals surface area contributed by atoms with E-state index in [1.165, 1.54) is 0 Å². The summed E-state index contributed by atoms with van der Waals surface area (Å²) in [6, 6.07) is 0. The molecular weight excluding hydrogens is 199 g/mol. The van der Waals surface area contributed by atoms with Crippen LogP contribution in [0.5, 0.6) is 0 Å². The third kappa shape index (κ3) is 2.62. The molecule has 4 nitrogen and oxygen atoms in total. The Morgan fingerprint density at radius 2 is 1.85 bits per heavy atom. The van der Waals surface area contributed by atoms with Crippen LogP contribution in [0.15, 0.2) is 0 Å². The van der Waals surface area contributed by atoms with E-state index in [9.17, 15) is 12.3 Å².